The molecule has 0 radical (unpaired) electrons. The van der Waals surface area contributed by atoms with Crippen molar-refractivity contribution in [2.75, 3.05) is 23.7 Å². The molecule has 0 saturated carbocycles. The maximum absolute atomic E-state index is 13.1. The van der Waals surface area contributed by atoms with E-state index in [2.05, 4.69) is 59.8 Å². The Morgan fingerprint density at radius 3 is 2.48 bits per heavy atom. The molecule has 7 nitrogen and oxygen atoms in total. The molecule has 1 saturated heterocycles. The summed E-state index contributed by atoms with van der Waals surface area (Å²) in [6, 6.07) is 21.9. The monoisotopic (exact) mass is 535 g/mol. The highest BCUT2D eigenvalue weighted by Gasteiger charge is 2.25. The van der Waals surface area contributed by atoms with Gasteiger partial charge in [-0.05, 0) is 59.5 Å². The Kier molecular flexibility index (Phi) is 7.59. The molecule has 5 rings (SSSR count). The lowest BCUT2D eigenvalue weighted by Gasteiger charge is -2.32. The van der Waals surface area contributed by atoms with Gasteiger partial charge in [-0.3, -0.25) is 14.7 Å². The predicted octanol–water partition coefficient (Wildman–Crippen LogP) is 6.47. The average molecular weight is 536 g/mol. The highest BCUT2D eigenvalue weighted by Crippen LogP contribution is 2.33. The third-order valence-corrected chi connectivity index (χ3v) is 7.65. The molecular formula is C33H37N5O2. The number of aromatic nitrogens is 1. The summed E-state index contributed by atoms with van der Waals surface area (Å²) >= 11 is 0. The summed E-state index contributed by atoms with van der Waals surface area (Å²) in [5, 5.41) is 11.0. The van der Waals surface area contributed by atoms with E-state index in [-0.39, 0.29) is 23.4 Å². The fraction of sp³-hybridized carbons (Fsp3) is 0.303. The summed E-state index contributed by atoms with van der Waals surface area (Å²) in [4.78, 5) is 31.9. The van der Waals surface area contributed by atoms with Gasteiger partial charge in [-0.15, -0.1) is 0 Å². The molecule has 1 atom stereocenters. The second kappa shape index (κ2) is 11.1. The van der Waals surface area contributed by atoms with Crippen molar-refractivity contribution in [3.63, 3.8) is 0 Å². The number of carbonyl (C=O) groups is 2. The molecule has 4 aromatic rings. The zero-order chi connectivity index (χ0) is 28.4. The quantitative estimate of drug-likeness (QED) is 0.273. The molecule has 0 spiro atoms. The van der Waals surface area contributed by atoms with Gasteiger partial charge in [0.05, 0.1) is 17.4 Å². The van der Waals surface area contributed by atoms with Crippen molar-refractivity contribution in [1.82, 2.24) is 15.2 Å². The number of hydrogen-bond acceptors (Lipinski definition) is 4. The normalized spacial score (nSPS) is 16.0. The molecule has 206 valence electrons. The van der Waals surface area contributed by atoms with E-state index in [1.807, 2.05) is 68.6 Å². The number of carbonyl (C=O) groups excluding carboxylic acids is 2. The third kappa shape index (κ3) is 5.84. The Hall–Kier alpha value is -4.23. The fourth-order valence-corrected chi connectivity index (χ4v) is 5.09. The number of benzene rings is 3. The van der Waals surface area contributed by atoms with E-state index >= 15 is 0 Å². The van der Waals surface area contributed by atoms with Crippen LogP contribution in [0, 0.1) is 6.92 Å². The van der Waals surface area contributed by atoms with E-state index < -0.39 is 0 Å². The maximum atomic E-state index is 13.1. The molecule has 3 amide bonds. The van der Waals surface area contributed by atoms with Gasteiger partial charge in [0, 0.05) is 42.5 Å². The van der Waals surface area contributed by atoms with Crippen LogP contribution in [0.1, 0.15) is 44.5 Å². The van der Waals surface area contributed by atoms with Gasteiger partial charge >= 0.3 is 6.03 Å². The molecule has 0 bridgehead atoms. The van der Waals surface area contributed by atoms with E-state index in [0.29, 0.717) is 13.1 Å². The fourth-order valence-electron chi connectivity index (χ4n) is 5.09. The average Bonchev–Trinajstić information content (AvgIpc) is 2.92. The van der Waals surface area contributed by atoms with Gasteiger partial charge in [0.2, 0.25) is 5.91 Å². The summed E-state index contributed by atoms with van der Waals surface area (Å²) in [5.74, 6) is 0.0604. The Bertz CT molecular complexity index is 1560. The summed E-state index contributed by atoms with van der Waals surface area (Å²) in [6.07, 6.45) is 1.89. The van der Waals surface area contributed by atoms with Crippen LogP contribution < -0.4 is 16.0 Å². The smallest absolute Gasteiger partial charge is 0.323 e. The van der Waals surface area contributed by atoms with E-state index in [9.17, 15) is 9.59 Å². The Labute approximate surface area is 236 Å². The van der Waals surface area contributed by atoms with Gasteiger partial charge in [0.15, 0.2) is 0 Å². The SMILES string of the molecule is Cc1ccc(C(C)(C)C)cc1NC(=O)Nc1ccc(-c2ccc(CN3CCNC(=O)C3C)nc2)c2ccccc12. The maximum Gasteiger partial charge on any atom is 0.323 e. The first kappa shape index (κ1) is 27.3. The van der Waals surface area contributed by atoms with E-state index in [1.54, 1.807) is 0 Å². The minimum atomic E-state index is -0.279. The minimum Gasteiger partial charge on any atom is -0.353 e. The van der Waals surface area contributed by atoms with Gasteiger partial charge in [-0.1, -0.05) is 69.3 Å². The summed E-state index contributed by atoms with van der Waals surface area (Å²) in [5.41, 5.74) is 6.67. The highest BCUT2D eigenvalue weighted by atomic mass is 16.2. The largest absolute Gasteiger partial charge is 0.353 e. The number of fused-ring (bicyclic) bond motifs is 1. The van der Waals surface area contributed by atoms with E-state index in [1.165, 1.54) is 5.56 Å². The molecule has 1 unspecified atom stereocenters. The Balaban J connectivity index is 1.35. The number of rotatable bonds is 5. The number of hydrogen-bond donors (Lipinski definition) is 3. The van der Waals surface area contributed by atoms with Gasteiger partial charge in [-0.2, -0.15) is 0 Å². The lowest BCUT2D eigenvalue weighted by molar-refractivity contribution is -0.128. The van der Waals surface area contributed by atoms with Gasteiger partial charge < -0.3 is 16.0 Å². The number of piperazine rings is 1. The second-order valence-corrected chi connectivity index (χ2v) is 11.5. The van der Waals surface area contributed by atoms with Crippen LogP contribution in [-0.4, -0.2) is 41.0 Å². The van der Waals surface area contributed by atoms with Crippen molar-refractivity contribution in [2.24, 2.45) is 0 Å². The van der Waals surface area contributed by atoms with Crippen molar-refractivity contribution < 1.29 is 9.59 Å². The van der Waals surface area contributed by atoms with Crippen LogP contribution in [0.15, 0.2) is 72.9 Å². The lowest BCUT2D eigenvalue weighted by Crippen LogP contribution is -2.53. The van der Waals surface area contributed by atoms with Crippen molar-refractivity contribution >= 4 is 34.1 Å². The number of aryl methyl sites for hydroxylation is 1. The molecule has 2 heterocycles. The topological polar surface area (TPSA) is 86.4 Å². The summed E-state index contributed by atoms with van der Waals surface area (Å²) in [7, 11) is 0. The zero-order valence-corrected chi connectivity index (χ0v) is 23.8. The number of pyridine rings is 1. The van der Waals surface area contributed by atoms with Crippen LogP contribution >= 0.6 is 0 Å². The Morgan fingerprint density at radius 2 is 1.75 bits per heavy atom. The van der Waals surface area contributed by atoms with E-state index in [0.717, 1.165) is 51.1 Å². The van der Waals surface area contributed by atoms with Crippen molar-refractivity contribution in [3.8, 4) is 11.1 Å². The standard InChI is InChI=1S/C33H37N5O2/c1-21-10-12-24(33(3,4)5)18-30(21)37-32(40)36-29-15-14-26(27-8-6-7-9-28(27)29)23-11-13-25(35-19-23)20-38-17-16-34-31(39)22(38)2/h6-15,18-19,22H,16-17,20H2,1-5H3,(H,34,39)(H2,36,37,40). The number of nitrogens with one attached hydrogen (secondary N) is 3. The van der Waals surface area contributed by atoms with Crippen LogP contribution in [0.25, 0.3) is 21.9 Å². The zero-order valence-electron chi connectivity index (χ0n) is 23.8. The molecule has 1 aliphatic rings. The Morgan fingerprint density at radius 1 is 1.00 bits per heavy atom. The minimum absolute atomic E-state index is 0.0117. The number of urea groups is 1. The molecule has 7 heteroatoms. The highest BCUT2D eigenvalue weighted by molar-refractivity contribution is 6.09. The van der Waals surface area contributed by atoms with Crippen LogP contribution in [0.5, 0.6) is 0 Å². The molecule has 40 heavy (non-hydrogen) atoms. The van der Waals surface area contributed by atoms with Crippen LogP contribution in [-0.2, 0) is 16.8 Å². The lowest BCUT2D eigenvalue weighted by atomic mass is 9.86. The first-order valence-corrected chi connectivity index (χ1v) is 13.8. The third-order valence-electron chi connectivity index (χ3n) is 7.65. The first-order valence-electron chi connectivity index (χ1n) is 13.8. The van der Waals surface area contributed by atoms with Crippen LogP contribution in [0.3, 0.4) is 0 Å². The predicted molar refractivity (Wildman–Crippen MR) is 163 cm³/mol. The van der Waals surface area contributed by atoms with Gasteiger partial charge in [0.25, 0.3) is 0 Å². The van der Waals surface area contributed by atoms with Gasteiger partial charge in [-0.25, -0.2) is 4.79 Å². The number of nitrogens with zero attached hydrogens (tertiary/aromatic N) is 2. The number of anilines is 2. The second-order valence-electron chi connectivity index (χ2n) is 11.5. The van der Waals surface area contributed by atoms with Crippen molar-refractivity contribution in [3.05, 3.63) is 89.7 Å². The molecule has 0 aliphatic carbocycles. The molecule has 3 aromatic carbocycles. The van der Waals surface area contributed by atoms with Crippen molar-refractivity contribution in [1.29, 1.82) is 0 Å². The van der Waals surface area contributed by atoms with Gasteiger partial charge in [0.1, 0.15) is 0 Å². The first-order chi connectivity index (χ1) is 19.1. The van der Waals surface area contributed by atoms with Crippen molar-refractivity contribution in [2.45, 2.75) is 52.6 Å². The summed E-state index contributed by atoms with van der Waals surface area (Å²) in [6.45, 7) is 12.5. The summed E-state index contributed by atoms with van der Waals surface area (Å²) < 4.78 is 0. The molecule has 1 aliphatic heterocycles. The molecule has 1 aromatic heterocycles. The number of amides is 3. The van der Waals surface area contributed by atoms with Crippen LogP contribution in [0.2, 0.25) is 0 Å². The molecule has 1 fully saturated rings. The van der Waals surface area contributed by atoms with Crippen LogP contribution in [0.4, 0.5) is 16.2 Å². The molecule has 3 N–H and O–H groups in total. The van der Waals surface area contributed by atoms with E-state index in [4.69, 9.17) is 4.98 Å². The molecular weight excluding hydrogens is 498 g/mol.